The topological polar surface area (TPSA) is 76.0 Å². The Kier molecular flexibility index (Phi) is 5.43. The van der Waals surface area contributed by atoms with Crippen LogP contribution in [0.5, 0.6) is 0 Å². The summed E-state index contributed by atoms with van der Waals surface area (Å²) in [4.78, 5) is 25.4. The van der Waals surface area contributed by atoms with E-state index in [-0.39, 0.29) is 18.2 Å². The maximum Gasteiger partial charge on any atom is 0.238 e. The van der Waals surface area contributed by atoms with Gasteiger partial charge >= 0.3 is 0 Å². The maximum absolute atomic E-state index is 12.3. The predicted octanol–water partition coefficient (Wildman–Crippen LogP) is 3.03. The second-order valence-electron chi connectivity index (χ2n) is 6.51. The Morgan fingerprint density at radius 3 is 2.75 bits per heavy atom. The number of aromatic nitrogens is 2. The molecule has 0 saturated carbocycles. The lowest BCUT2D eigenvalue weighted by atomic mass is 10.1. The molecule has 0 bridgehead atoms. The molecule has 2 aromatic carbocycles. The average Bonchev–Trinajstić information content (AvgIpc) is 3.24. The summed E-state index contributed by atoms with van der Waals surface area (Å²) in [6, 6.07) is 17.6. The van der Waals surface area contributed by atoms with Gasteiger partial charge in [-0.3, -0.25) is 9.59 Å². The van der Waals surface area contributed by atoms with Gasteiger partial charge in [0.2, 0.25) is 11.8 Å². The zero-order chi connectivity index (χ0) is 19.3. The molecular formula is C21H20N4O2S. The van der Waals surface area contributed by atoms with Gasteiger partial charge in [-0.15, -0.1) is 11.8 Å². The fourth-order valence-electron chi connectivity index (χ4n) is 3.05. The Morgan fingerprint density at radius 2 is 1.96 bits per heavy atom. The summed E-state index contributed by atoms with van der Waals surface area (Å²) >= 11 is 1.44. The highest BCUT2D eigenvalue weighted by Crippen LogP contribution is 2.36. The number of fused-ring (bicyclic) bond motifs is 1. The number of anilines is 1. The molecule has 2 heterocycles. The van der Waals surface area contributed by atoms with Crippen molar-refractivity contribution >= 4 is 29.3 Å². The SMILES string of the molecule is O=C(CC1Sc2ccccc2NC1=O)NCCc1ccc(-n2cccn2)cc1. The number of nitrogens with zero attached hydrogens (tertiary/aromatic N) is 2. The molecule has 142 valence electrons. The third-order valence-electron chi connectivity index (χ3n) is 4.52. The van der Waals surface area contributed by atoms with E-state index in [9.17, 15) is 9.59 Å². The van der Waals surface area contributed by atoms with E-state index in [0.29, 0.717) is 6.54 Å². The quantitative estimate of drug-likeness (QED) is 0.676. The van der Waals surface area contributed by atoms with E-state index >= 15 is 0 Å². The maximum atomic E-state index is 12.3. The summed E-state index contributed by atoms with van der Waals surface area (Å²) in [5.41, 5.74) is 2.95. The molecular weight excluding hydrogens is 372 g/mol. The van der Waals surface area contributed by atoms with Crippen LogP contribution in [0.3, 0.4) is 0 Å². The molecule has 4 rings (SSSR count). The Hall–Kier alpha value is -3.06. The molecule has 1 aromatic heterocycles. The number of hydrogen-bond donors (Lipinski definition) is 2. The molecule has 28 heavy (non-hydrogen) atoms. The first-order valence-corrected chi connectivity index (χ1v) is 9.99. The molecule has 3 aromatic rings. The largest absolute Gasteiger partial charge is 0.356 e. The standard InChI is InChI=1S/C21H20N4O2S/c26-20(14-19-21(27)24-17-4-1-2-5-18(17)28-19)22-12-10-15-6-8-16(9-7-15)25-13-3-11-23-25/h1-9,11,13,19H,10,12,14H2,(H,22,26)(H,24,27). The monoisotopic (exact) mass is 392 g/mol. The Morgan fingerprint density at radius 1 is 1.14 bits per heavy atom. The first-order valence-electron chi connectivity index (χ1n) is 9.11. The number of rotatable bonds is 6. The smallest absolute Gasteiger partial charge is 0.238 e. The molecule has 7 heteroatoms. The normalized spacial score (nSPS) is 15.6. The molecule has 2 N–H and O–H groups in total. The van der Waals surface area contributed by atoms with E-state index in [1.54, 1.807) is 10.9 Å². The number of carbonyl (C=O) groups excluding carboxylic acids is 2. The van der Waals surface area contributed by atoms with Crippen molar-refractivity contribution in [2.75, 3.05) is 11.9 Å². The zero-order valence-corrected chi connectivity index (χ0v) is 16.0. The molecule has 0 fully saturated rings. The van der Waals surface area contributed by atoms with Crippen molar-refractivity contribution in [3.63, 3.8) is 0 Å². The molecule has 1 aliphatic heterocycles. The minimum atomic E-state index is -0.400. The average molecular weight is 392 g/mol. The Bertz CT molecular complexity index is 970. The van der Waals surface area contributed by atoms with Crippen molar-refractivity contribution in [2.45, 2.75) is 23.0 Å². The summed E-state index contributed by atoms with van der Waals surface area (Å²) in [5.74, 6) is -0.228. The van der Waals surface area contributed by atoms with Crippen LogP contribution in [0.25, 0.3) is 5.69 Å². The van der Waals surface area contributed by atoms with Crippen LogP contribution in [-0.2, 0) is 16.0 Å². The van der Waals surface area contributed by atoms with Crippen LogP contribution in [0, 0.1) is 0 Å². The van der Waals surface area contributed by atoms with Crippen LogP contribution in [0.4, 0.5) is 5.69 Å². The highest BCUT2D eigenvalue weighted by Gasteiger charge is 2.28. The highest BCUT2D eigenvalue weighted by molar-refractivity contribution is 8.01. The van der Waals surface area contributed by atoms with E-state index in [2.05, 4.69) is 15.7 Å². The zero-order valence-electron chi connectivity index (χ0n) is 15.2. The van der Waals surface area contributed by atoms with E-state index in [0.717, 1.165) is 28.3 Å². The Balaban J connectivity index is 1.25. The van der Waals surface area contributed by atoms with E-state index in [1.165, 1.54) is 11.8 Å². The lowest BCUT2D eigenvalue weighted by molar-refractivity contribution is -0.124. The van der Waals surface area contributed by atoms with Crippen molar-refractivity contribution in [3.05, 3.63) is 72.6 Å². The fraction of sp³-hybridized carbons (Fsp3) is 0.190. The molecule has 1 aliphatic rings. The van der Waals surface area contributed by atoms with Gasteiger partial charge in [0.05, 0.1) is 16.6 Å². The summed E-state index contributed by atoms with van der Waals surface area (Å²) in [7, 11) is 0. The summed E-state index contributed by atoms with van der Waals surface area (Å²) in [6.07, 6.45) is 4.54. The Labute approximate surface area is 167 Å². The third kappa shape index (κ3) is 4.26. The van der Waals surface area contributed by atoms with Gasteiger partial charge in [0.1, 0.15) is 0 Å². The number of amides is 2. The van der Waals surface area contributed by atoms with Crippen molar-refractivity contribution in [3.8, 4) is 5.69 Å². The van der Waals surface area contributed by atoms with Crippen molar-refractivity contribution < 1.29 is 9.59 Å². The van der Waals surface area contributed by atoms with Gasteiger partial charge in [-0.2, -0.15) is 5.10 Å². The second-order valence-corrected chi connectivity index (χ2v) is 7.76. The van der Waals surface area contributed by atoms with Crippen LogP contribution in [-0.4, -0.2) is 33.4 Å². The number of hydrogen-bond acceptors (Lipinski definition) is 4. The molecule has 0 saturated heterocycles. The van der Waals surface area contributed by atoms with Crippen LogP contribution in [0.15, 0.2) is 71.9 Å². The first-order chi connectivity index (χ1) is 13.7. The van der Waals surface area contributed by atoms with Gasteiger partial charge in [0, 0.05) is 30.3 Å². The molecule has 0 aliphatic carbocycles. The van der Waals surface area contributed by atoms with Crippen LogP contribution >= 0.6 is 11.8 Å². The molecule has 2 amide bonds. The van der Waals surface area contributed by atoms with Gasteiger partial charge in [0.25, 0.3) is 0 Å². The summed E-state index contributed by atoms with van der Waals surface area (Å²) in [6.45, 7) is 0.537. The first kappa shape index (κ1) is 18.3. The van der Waals surface area contributed by atoms with Crippen LogP contribution in [0.2, 0.25) is 0 Å². The van der Waals surface area contributed by atoms with Gasteiger partial charge in [0.15, 0.2) is 0 Å². The number of carbonyl (C=O) groups is 2. The van der Waals surface area contributed by atoms with Gasteiger partial charge in [-0.05, 0) is 42.3 Å². The molecule has 6 nitrogen and oxygen atoms in total. The number of para-hydroxylation sites is 1. The van der Waals surface area contributed by atoms with E-state index in [1.807, 2.05) is 60.8 Å². The van der Waals surface area contributed by atoms with E-state index < -0.39 is 5.25 Å². The number of benzene rings is 2. The van der Waals surface area contributed by atoms with Crippen molar-refractivity contribution in [1.29, 1.82) is 0 Å². The molecule has 1 atom stereocenters. The van der Waals surface area contributed by atoms with Gasteiger partial charge in [-0.1, -0.05) is 24.3 Å². The van der Waals surface area contributed by atoms with Crippen LogP contribution < -0.4 is 10.6 Å². The minimum absolute atomic E-state index is 0.111. The number of thioether (sulfide) groups is 1. The molecule has 0 spiro atoms. The van der Waals surface area contributed by atoms with Crippen LogP contribution in [0.1, 0.15) is 12.0 Å². The lowest BCUT2D eigenvalue weighted by Gasteiger charge is -2.23. The fourth-order valence-corrected chi connectivity index (χ4v) is 4.16. The third-order valence-corrected chi connectivity index (χ3v) is 5.79. The summed E-state index contributed by atoms with van der Waals surface area (Å²) in [5, 5.41) is 9.59. The summed E-state index contributed by atoms with van der Waals surface area (Å²) < 4.78 is 1.80. The highest BCUT2D eigenvalue weighted by atomic mass is 32.2. The van der Waals surface area contributed by atoms with E-state index in [4.69, 9.17) is 0 Å². The molecule has 0 radical (unpaired) electrons. The van der Waals surface area contributed by atoms with Crippen molar-refractivity contribution in [2.24, 2.45) is 0 Å². The van der Waals surface area contributed by atoms with Gasteiger partial charge < -0.3 is 10.6 Å². The predicted molar refractivity (Wildman–Crippen MR) is 110 cm³/mol. The lowest BCUT2D eigenvalue weighted by Crippen LogP contribution is -2.35. The second kappa shape index (κ2) is 8.31. The van der Waals surface area contributed by atoms with Crippen molar-refractivity contribution in [1.82, 2.24) is 15.1 Å². The molecule has 1 unspecified atom stereocenters. The van der Waals surface area contributed by atoms with Gasteiger partial charge in [-0.25, -0.2) is 4.68 Å². The minimum Gasteiger partial charge on any atom is -0.356 e. The number of nitrogens with one attached hydrogen (secondary N) is 2.